The molecule has 0 saturated carbocycles. The molecule has 1 nitrogen and oxygen atoms in total. The van der Waals surface area contributed by atoms with Crippen molar-refractivity contribution < 1.29 is 4.79 Å². The molecule has 15 heavy (non-hydrogen) atoms. The highest BCUT2D eigenvalue weighted by molar-refractivity contribution is 8.24. The molecule has 78 valence electrons. The summed E-state index contributed by atoms with van der Waals surface area (Å²) in [5.74, 6) is 0.0135. The number of hydrogen-bond donors (Lipinski definition) is 1. The fourth-order valence-electron chi connectivity index (χ4n) is 1.37. The van der Waals surface area contributed by atoms with Crippen LogP contribution >= 0.6 is 22.5 Å². The van der Waals surface area contributed by atoms with Crippen LogP contribution in [0.25, 0.3) is 0 Å². The van der Waals surface area contributed by atoms with E-state index in [1.54, 1.807) is 12.1 Å². The van der Waals surface area contributed by atoms with Crippen molar-refractivity contribution in [2.75, 3.05) is 0 Å². The largest absolute Gasteiger partial charge is 0.292 e. The second-order valence-electron chi connectivity index (χ2n) is 3.20. The van der Waals surface area contributed by atoms with E-state index in [9.17, 15) is 4.79 Å². The number of carbonyl (C=O) groups is 1. The molecule has 0 amide bonds. The van der Waals surface area contributed by atoms with Gasteiger partial charge in [0, 0.05) is 5.56 Å². The zero-order valence-electron chi connectivity index (χ0n) is 8.01. The number of alkyl halides is 1. The van der Waals surface area contributed by atoms with E-state index in [1.165, 1.54) is 0 Å². The smallest absolute Gasteiger partial charge is 0.189 e. The lowest BCUT2D eigenvalue weighted by atomic mass is 10.1. The maximum atomic E-state index is 11.9. The van der Waals surface area contributed by atoms with Crippen LogP contribution in [0.5, 0.6) is 0 Å². The van der Waals surface area contributed by atoms with Crippen LogP contribution in [-0.2, 0) is 0 Å². The third kappa shape index (κ3) is 2.33. The lowest BCUT2D eigenvalue weighted by molar-refractivity contribution is 0.101. The summed E-state index contributed by atoms with van der Waals surface area (Å²) in [5.41, 5.74) is 0.689. The highest BCUT2D eigenvalue weighted by atomic mass is 35.5. The van der Waals surface area contributed by atoms with Gasteiger partial charge in [-0.3, -0.25) is 4.79 Å². The highest BCUT2D eigenvalue weighted by Crippen LogP contribution is 2.41. The Morgan fingerprint density at radius 1 is 1.13 bits per heavy atom. The van der Waals surface area contributed by atoms with Gasteiger partial charge in [-0.2, -0.15) is 10.9 Å². The van der Waals surface area contributed by atoms with Gasteiger partial charge in [-0.1, -0.05) is 42.5 Å². The second kappa shape index (κ2) is 4.69. The van der Waals surface area contributed by atoms with Crippen molar-refractivity contribution in [3.05, 3.63) is 58.9 Å². The van der Waals surface area contributed by atoms with Crippen molar-refractivity contribution in [3.8, 4) is 0 Å². The maximum Gasteiger partial charge on any atom is 0.189 e. The Labute approximate surface area is 96.8 Å². The van der Waals surface area contributed by atoms with E-state index >= 15 is 0 Å². The average Bonchev–Trinajstić information content (AvgIpc) is 2.82. The zero-order chi connectivity index (χ0) is 10.7. The average molecular weight is 239 g/mol. The number of halogens is 1. The molecule has 1 aromatic rings. The number of benzene rings is 1. The molecule has 1 heterocycles. The molecule has 0 aromatic heterocycles. The molecule has 0 bridgehead atoms. The predicted molar refractivity (Wildman–Crippen MR) is 67.7 cm³/mol. The lowest BCUT2D eigenvalue weighted by Gasteiger charge is -2.16. The Hall–Kier alpha value is -0.990. The van der Waals surface area contributed by atoms with Gasteiger partial charge in [0.05, 0.1) is 0 Å². The second-order valence-corrected chi connectivity index (χ2v) is 5.94. The Morgan fingerprint density at radius 2 is 1.73 bits per heavy atom. The van der Waals surface area contributed by atoms with Crippen LogP contribution in [0.15, 0.2) is 53.3 Å². The number of allylic oxidation sites excluding steroid dienone is 2. The van der Waals surface area contributed by atoms with Gasteiger partial charge < -0.3 is 0 Å². The minimum Gasteiger partial charge on any atom is -0.292 e. The van der Waals surface area contributed by atoms with E-state index in [-0.39, 0.29) is 5.78 Å². The minimum absolute atomic E-state index is 0.0135. The molecule has 1 aliphatic rings. The summed E-state index contributed by atoms with van der Waals surface area (Å²) in [4.78, 5) is 11.9. The van der Waals surface area contributed by atoms with Gasteiger partial charge >= 0.3 is 0 Å². The summed E-state index contributed by atoms with van der Waals surface area (Å²) >= 11 is 6.15. The van der Waals surface area contributed by atoms with Crippen molar-refractivity contribution >= 4 is 28.3 Å². The molecule has 1 unspecified atom stereocenters. The van der Waals surface area contributed by atoms with Crippen molar-refractivity contribution in [2.45, 2.75) is 4.71 Å². The van der Waals surface area contributed by atoms with E-state index in [0.29, 0.717) is 5.56 Å². The molecule has 0 saturated heterocycles. The van der Waals surface area contributed by atoms with E-state index in [0.717, 1.165) is 0 Å². The molecule has 3 heteroatoms. The molecule has 0 radical (unpaired) electrons. The summed E-state index contributed by atoms with van der Waals surface area (Å²) in [5, 5.41) is 4.02. The van der Waals surface area contributed by atoms with Gasteiger partial charge in [0.15, 0.2) is 5.78 Å². The molecule has 0 N–H and O–H groups in total. The Kier molecular flexibility index (Phi) is 3.29. The van der Waals surface area contributed by atoms with Gasteiger partial charge in [-0.05, 0) is 10.8 Å². The van der Waals surface area contributed by atoms with Crippen LogP contribution < -0.4 is 0 Å². The fourth-order valence-corrected chi connectivity index (χ4v) is 3.31. The van der Waals surface area contributed by atoms with Crippen molar-refractivity contribution in [1.82, 2.24) is 0 Å². The first-order valence-electron chi connectivity index (χ1n) is 4.65. The van der Waals surface area contributed by atoms with Crippen molar-refractivity contribution in [3.63, 3.8) is 0 Å². The normalized spacial score (nSPS) is 18.1. The molecule has 1 aliphatic heterocycles. The Balaban J connectivity index is 2.15. The first-order chi connectivity index (χ1) is 7.29. The summed E-state index contributed by atoms with van der Waals surface area (Å²) in [6.45, 7) is 0. The van der Waals surface area contributed by atoms with Gasteiger partial charge in [0.1, 0.15) is 4.71 Å². The van der Waals surface area contributed by atoms with Crippen LogP contribution in [0, 0.1) is 0 Å². The summed E-state index contributed by atoms with van der Waals surface area (Å²) in [7, 11) is -0.615. The number of carbonyl (C=O) groups excluding carboxylic acids is 1. The number of hydrogen-bond acceptors (Lipinski definition) is 1. The highest BCUT2D eigenvalue weighted by Gasteiger charge is 2.21. The van der Waals surface area contributed by atoms with Gasteiger partial charge in [0.25, 0.3) is 0 Å². The topological polar surface area (TPSA) is 17.1 Å². The molecular weight excluding hydrogens is 228 g/mol. The molecule has 1 aromatic carbocycles. The first kappa shape index (κ1) is 10.5. The quantitative estimate of drug-likeness (QED) is 0.485. The van der Waals surface area contributed by atoms with Crippen LogP contribution in [-0.4, -0.2) is 10.5 Å². The first-order valence-corrected chi connectivity index (χ1v) is 6.63. The molecule has 0 fully saturated rings. The molecule has 0 spiro atoms. The summed E-state index contributed by atoms with van der Waals surface area (Å²) < 4.78 is -0.433. The number of Topliss-reactive ketones (excluding diaryl/α,β-unsaturated/α-hetero) is 1. The number of rotatable bonds is 3. The van der Waals surface area contributed by atoms with Gasteiger partial charge in [-0.15, -0.1) is 11.6 Å². The Morgan fingerprint density at radius 3 is 2.33 bits per heavy atom. The molecule has 1 atom stereocenters. The third-order valence-electron chi connectivity index (χ3n) is 2.16. The summed E-state index contributed by atoms with van der Waals surface area (Å²) in [6.07, 6.45) is 3.89. The van der Waals surface area contributed by atoms with Crippen LogP contribution in [0.1, 0.15) is 10.4 Å². The molecule has 0 aliphatic carbocycles. The SMILES string of the molecule is O=C(c1ccccc1)C(Cl)[SH]1C=CC=C1. The van der Waals surface area contributed by atoms with E-state index in [1.807, 2.05) is 41.2 Å². The maximum absolute atomic E-state index is 11.9. The van der Waals surface area contributed by atoms with E-state index in [2.05, 4.69) is 0 Å². The summed E-state index contributed by atoms with van der Waals surface area (Å²) in [6, 6.07) is 9.20. The molecule has 2 rings (SSSR count). The third-order valence-corrected chi connectivity index (χ3v) is 4.83. The fraction of sp³-hybridized carbons (Fsp3) is 0.0833. The predicted octanol–water partition coefficient (Wildman–Crippen LogP) is 3.48. The molecular formula is C12H11ClOS. The standard InChI is InChI=1S/C12H11ClOS/c13-12(15-8-4-5-9-15)11(14)10-6-2-1-3-7-10/h1-9,12,15H. The van der Waals surface area contributed by atoms with Crippen molar-refractivity contribution in [2.24, 2.45) is 0 Å². The van der Waals surface area contributed by atoms with Crippen LogP contribution in [0.4, 0.5) is 0 Å². The van der Waals surface area contributed by atoms with Crippen molar-refractivity contribution in [1.29, 1.82) is 0 Å². The van der Waals surface area contributed by atoms with Gasteiger partial charge in [-0.25, -0.2) is 0 Å². The number of thiol groups is 1. The zero-order valence-corrected chi connectivity index (χ0v) is 9.66. The van der Waals surface area contributed by atoms with Gasteiger partial charge in [0.2, 0.25) is 0 Å². The monoisotopic (exact) mass is 238 g/mol. The van der Waals surface area contributed by atoms with Crippen LogP contribution in [0.2, 0.25) is 0 Å². The Bertz CT molecular complexity index is 399. The van der Waals surface area contributed by atoms with E-state index in [4.69, 9.17) is 11.6 Å². The van der Waals surface area contributed by atoms with E-state index < -0.39 is 15.6 Å². The number of ketones is 1. The minimum atomic E-state index is -0.615. The van der Waals surface area contributed by atoms with Crippen LogP contribution in [0.3, 0.4) is 0 Å². The lowest BCUT2D eigenvalue weighted by Crippen LogP contribution is -2.12.